The van der Waals surface area contributed by atoms with Crippen LogP contribution >= 0.6 is 0 Å². The third-order valence-corrected chi connectivity index (χ3v) is 2.56. The van der Waals surface area contributed by atoms with E-state index in [1.807, 2.05) is 6.92 Å². The van der Waals surface area contributed by atoms with Gasteiger partial charge in [0.2, 0.25) is 0 Å². The second-order valence-electron chi connectivity index (χ2n) is 3.79. The molecule has 0 aromatic heterocycles. The van der Waals surface area contributed by atoms with Gasteiger partial charge in [-0.25, -0.2) is 4.79 Å². The second-order valence-corrected chi connectivity index (χ2v) is 3.79. The molecule has 0 rings (SSSR count). The van der Waals surface area contributed by atoms with Gasteiger partial charge in [0.25, 0.3) is 0 Å². The van der Waals surface area contributed by atoms with Crippen molar-refractivity contribution in [3.63, 3.8) is 0 Å². The van der Waals surface area contributed by atoms with E-state index in [-0.39, 0.29) is 5.92 Å². The first-order valence-corrected chi connectivity index (χ1v) is 4.32. The van der Waals surface area contributed by atoms with Crippen LogP contribution in [0.15, 0.2) is 0 Å². The van der Waals surface area contributed by atoms with Gasteiger partial charge in [-0.15, -0.1) is 0 Å². The highest BCUT2D eigenvalue weighted by atomic mass is 17.1. The van der Waals surface area contributed by atoms with Crippen LogP contribution < -0.4 is 0 Å². The van der Waals surface area contributed by atoms with E-state index >= 15 is 0 Å². The Bertz CT molecular complexity index is 152. The minimum atomic E-state index is -0.592. The molecule has 0 spiro atoms. The molecule has 0 aliphatic heterocycles. The lowest BCUT2D eigenvalue weighted by Crippen LogP contribution is -2.32. The number of carbonyl (C=O) groups excluding carboxylic acids is 1. The standard InChI is InChI=1S/C9H18O3/c1-5-6-7(2)9(3,4)8(10)12-11/h7,11H,5-6H2,1-4H3. The Balaban J connectivity index is 4.26. The van der Waals surface area contributed by atoms with E-state index in [4.69, 9.17) is 5.26 Å². The van der Waals surface area contributed by atoms with Crippen molar-refractivity contribution in [1.82, 2.24) is 0 Å². The van der Waals surface area contributed by atoms with Gasteiger partial charge in [0.05, 0.1) is 5.41 Å². The largest absolute Gasteiger partial charge is 0.347 e. The Morgan fingerprint density at radius 3 is 2.42 bits per heavy atom. The molecule has 3 heteroatoms. The maximum Gasteiger partial charge on any atom is 0.347 e. The highest BCUT2D eigenvalue weighted by molar-refractivity contribution is 5.75. The van der Waals surface area contributed by atoms with Crippen molar-refractivity contribution in [3.05, 3.63) is 0 Å². The monoisotopic (exact) mass is 174 g/mol. The number of rotatable bonds is 4. The molecule has 72 valence electrons. The molecule has 0 aliphatic carbocycles. The zero-order valence-corrected chi connectivity index (χ0v) is 8.26. The summed E-state index contributed by atoms with van der Waals surface area (Å²) < 4.78 is 0. The predicted molar refractivity (Wildman–Crippen MR) is 46.6 cm³/mol. The van der Waals surface area contributed by atoms with Crippen LogP contribution in [0.1, 0.15) is 40.5 Å². The topological polar surface area (TPSA) is 46.5 Å². The minimum Gasteiger partial charge on any atom is -0.300 e. The fourth-order valence-corrected chi connectivity index (χ4v) is 1.11. The molecule has 0 saturated heterocycles. The highest BCUT2D eigenvalue weighted by Gasteiger charge is 2.35. The quantitative estimate of drug-likeness (QED) is 0.526. The van der Waals surface area contributed by atoms with Crippen molar-refractivity contribution in [2.24, 2.45) is 11.3 Å². The zero-order valence-electron chi connectivity index (χ0n) is 8.26. The minimum absolute atomic E-state index is 0.224. The van der Waals surface area contributed by atoms with Gasteiger partial charge in [0.15, 0.2) is 0 Å². The van der Waals surface area contributed by atoms with Crippen molar-refractivity contribution >= 4 is 5.97 Å². The van der Waals surface area contributed by atoms with E-state index in [1.54, 1.807) is 13.8 Å². The van der Waals surface area contributed by atoms with Crippen LogP contribution in [0, 0.1) is 11.3 Å². The average Bonchev–Trinajstić information content (AvgIpc) is 2.03. The first-order chi connectivity index (χ1) is 5.46. The lowest BCUT2D eigenvalue weighted by atomic mass is 9.78. The van der Waals surface area contributed by atoms with Gasteiger partial charge in [-0.2, -0.15) is 5.26 Å². The summed E-state index contributed by atoms with van der Waals surface area (Å²) in [4.78, 5) is 14.8. The zero-order chi connectivity index (χ0) is 9.78. The molecule has 1 N–H and O–H groups in total. The molecule has 0 fully saturated rings. The molecule has 0 bridgehead atoms. The summed E-state index contributed by atoms with van der Waals surface area (Å²) in [5.41, 5.74) is -0.592. The molecule has 0 aliphatic rings. The molecule has 1 atom stereocenters. The fraction of sp³-hybridized carbons (Fsp3) is 0.889. The van der Waals surface area contributed by atoms with Crippen LogP contribution in [0.4, 0.5) is 0 Å². The molecule has 0 amide bonds. The molecule has 0 aromatic rings. The Labute approximate surface area is 73.7 Å². The molecule has 0 aromatic carbocycles. The summed E-state index contributed by atoms with van der Waals surface area (Å²) >= 11 is 0. The SMILES string of the molecule is CCCC(C)C(C)(C)C(=O)OO. The lowest BCUT2D eigenvalue weighted by molar-refractivity contribution is -0.246. The van der Waals surface area contributed by atoms with Crippen LogP contribution in [0.25, 0.3) is 0 Å². The summed E-state index contributed by atoms with van der Waals surface area (Å²) in [6, 6.07) is 0. The summed E-state index contributed by atoms with van der Waals surface area (Å²) in [5.74, 6) is -0.328. The smallest absolute Gasteiger partial charge is 0.300 e. The van der Waals surface area contributed by atoms with Gasteiger partial charge in [-0.05, 0) is 26.2 Å². The van der Waals surface area contributed by atoms with Crippen LogP contribution in [0.5, 0.6) is 0 Å². The Morgan fingerprint density at radius 2 is 2.08 bits per heavy atom. The molecule has 3 nitrogen and oxygen atoms in total. The van der Waals surface area contributed by atoms with Crippen molar-refractivity contribution in [1.29, 1.82) is 0 Å². The molecule has 12 heavy (non-hydrogen) atoms. The maximum atomic E-state index is 11.1. The van der Waals surface area contributed by atoms with Crippen LogP contribution in [-0.2, 0) is 9.68 Å². The van der Waals surface area contributed by atoms with E-state index in [0.717, 1.165) is 12.8 Å². The fourth-order valence-electron chi connectivity index (χ4n) is 1.11. The molecular weight excluding hydrogens is 156 g/mol. The summed E-state index contributed by atoms with van der Waals surface area (Å²) in [7, 11) is 0. The van der Waals surface area contributed by atoms with Gasteiger partial charge in [-0.3, -0.25) is 0 Å². The van der Waals surface area contributed by atoms with Crippen molar-refractivity contribution in [2.75, 3.05) is 0 Å². The Morgan fingerprint density at radius 1 is 1.58 bits per heavy atom. The normalized spacial score (nSPS) is 14.1. The number of hydrogen-bond donors (Lipinski definition) is 1. The summed E-state index contributed by atoms with van der Waals surface area (Å²) in [6.07, 6.45) is 1.99. The van der Waals surface area contributed by atoms with Gasteiger partial charge in [0, 0.05) is 0 Å². The highest BCUT2D eigenvalue weighted by Crippen LogP contribution is 2.30. The molecule has 0 saturated carbocycles. The van der Waals surface area contributed by atoms with Crippen LogP contribution in [-0.4, -0.2) is 11.2 Å². The van der Waals surface area contributed by atoms with E-state index in [1.165, 1.54) is 0 Å². The van der Waals surface area contributed by atoms with E-state index < -0.39 is 11.4 Å². The molecular formula is C9H18O3. The van der Waals surface area contributed by atoms with Crippen molar-refractivity contribution < 1.29 is 14.9 Å². The molecule has 1 unspecified atom stereocenters. The number of carbonyl (C=O) groups is 1. The number of hydrogen-bond acceptors (Lipinski definition) is 3. The lowest BCUT2D eigenvalue weighted by Gasteiger charge is -2.27. The summed E-state index contributed by atoms with van der Waals surface area (Å²) in [5, 5.41) is 8.24. The molecule has 0 heterocycles. The van der Waals surface area contributed by atoms with Gasteiger partial charge in [0.1, 0.15) is 0 Å². The maximum absolute atomic E-state index is 11.1. The van der Waals surface area contributed by atoms with Gasteiger partial charge < -0.3 is 4.89 Å². The Hall–Kier alpha value is -0.570. The van der Waals surface area contributed by atoms with Gasteiger partial charge in [-0.1, -0.05) is 20.3 Å². The average molecular weight is 174 g/mol. The third kappa shape index (κ3) is 2.48. The summed E-state index contributed by atoms with van der Waals surface area (Å²) in [6.45, 7) is 7.62. The van der Waals surface area contributed by atoms with Crippen LogP contribution in [0.2, 0.25) is 0 Å². The predicted octanol–water partition coefficient (Wildman–Crippen LogP) is 2.46. The van der Waals surface area contributed by atoms with E-state index in [9.17, 15) is 4.79 Å². The first-order valence-electron chi connectivity index (χ1n) is 4.32. The third-order valence-electron chi connectivity index (χ3n) is 2.56. The van der Waals surface area contributed by atoms with Gasteiger partial charge >= 0.3 is 5.97 Å². The Kier molecular flexibility index (Phi) is 4.24. The van der Waals surface area contributed by atoms with Crippen molar-refractivity contribution in [3.8, 4) is 0 Å². The van der Waals surface area contributed by atoms with E-state index in [2.05, 4.69) is 11.8 Å². The van der Waals surface area contributed by atoms with E-state index in [0.29, 0.717) is 0 Å². The second kappa shape index (κ2) is 4.45. The van der Waals surface area contributed by atoms with Crippen LogP contribution in [0.3, 0.4) is 0 Å². The first kappa shape index (κ1) is 11.4. The van der Waals surface area contributed by atoms with Crippen molar-refractivity contribution in [2.45, 2.75) is 40.5 Å². The molecule has 0 radical (unpaired) electrons.